The van der Waals surface area contributed by atoms with Crippen LogP contribution in [0.25, 0.3) is 0 Å². The number of rotatable bonds is 4. The highest BCUT2D eigenvalue weighted by Crippen LogP contribution is 2.28. The summed E-state index contributed by atoms with van der Waals surface area (Å²) in [6.45, 7) is 0.718. The standard InChI is InChI=1S/C11H11F3O5S/c1-6(11(12,13)14)19-9-4-3-7(20(2,17)18)5-8(9)10(15)16/h3-6H,1-2H3,(H,15,16). The number of carbonyl (C=O) groups is 1. The van der Waals surface area contributed by atoms with Crippen molar-refractivity contribution in [2.24, 2.45) is 0 Å². The zero-order chi connectivity index (χ0) is 15.7. The second kappa shape index (κ2) is 5.31. The number of ether oxygens (including phenoxy) is 1. The van der Waals surface area contributed by atoms with Gasteiger partial charge in [0, 0.05) is 6.26 Å². The molecule has 0 heterocycles. The second-order valence-corrected chi connectivity index (χ2v) is 6.05. The number of aromatic carboxylic acids is 1. The molecule has 0 aliphatic heterocycles. The molecule has 1 rings (SSSR count). The quantitative estimate of drug-likeness (QED) is 0.921. The molecule has 0 bridgehead atoms. The molecule has 1 unspecified atom stereocenters. The van der Waals surface area contributed by atoms with E-state index in [0.29, 0.717) is 0 Å². The highest BCUT2D eigenvalue weighted by Gasteiger charge is 2.38. The van der Waals surface area contributed by atoms with Crippen molar-refractivity contribution in [1.29, 1.82) is 0 Å². The summed E-state index contributed by atoms with van der Waals surface area (Å²) in [4.78, 5) is 10.7. The van der Waals surface area contributed by atoms with Crippen molar-refractivity contribution in [3.63, 3.8) is 0 Å². The van der Waals surface area contributed by atoms with Crippen LogP contribution in [0.1, 0.15) is 17.3 Å². The number of sulfone groups is 1. The minimum Gasteiger partial charge on any atom is -0.480 e. The van der Waals surface area contributed by atoms with E-state index in [9.17, 15) is 26.4 Å². The van der Waals surface area contributed by atoms with Crippen molar-refractivity contribution >= 4 is 15.8 Å². The second-order valence-electron chi connectivity index (χ2n) is 4.04. The van der Waals surface area contributed by atoms with E-state index in [1.54, 1.807) is 0 Å². The Morgan fingerprint density at radius 2 is 1.90 bits per heavy atom. The molecule has 1 aromatic rings. The van der Waals surface area contributed by atoms with Gasteiger partial charge < -0.3 is 9.84 Å². The number of benzene rings is 1. The Morgan fingerprint density at radius 1 is 1.35 bits per heavy atom. The zero-order valence-corrected chi connectivity index (χ0v) is 11.2. The molecule has 1 aromatic carbocycles. The van der Waals surface area contributed by atoms with Gasteiger partial charge >= 0.3 is 12.1 Å². The molecule has 0 aliphatic rings. The van der Waals surface area contributed by atoms with Crippen molar-refractivity contribution in [2.45, 2.75) is 24.1 Å². The highest BCUT2D eigenvalue weighted by molar-refractivity contribution is 7.90. The summed E-state index contributed by atoms with van der Waals surface area (Å²) in [5, 5.41) is 8.92. The van der Waals surface area contributed by atoms with Gasteiger partial charge in [0.2, 0.25) is 0 Å². The fourth-order valence-electron chi connectivity index (χ4n) is 1.27. The molecule has 0 amide bonds. The maximum absolute atomic E-state index is 12.4. The number of carboxylic acid groups (broad SMARTS) is 1. The lowest BCUT2D eigenvalue weighted by atomic mass is 10.2. The predicted octanol–water partition coefficient (Wildman–Crippen LogP) is 2.12. The lowest BCUT2D eigenvalue weighted by Crippen LogP contribution is -2.31. The van der Waals surface area contributed by atoms with Crippen molar-refractivity contribution in [2.75, 3.05) is 6.26 Å². The van der Waals surface area contributed by atoms with Gasteiger partial charge in [-0.25, -0.2) is 13.2 Å². The van der Waals surface area contributed by atoms with E-state index in [4.69, 9.17) is 5.11 Å². The van der Waals surface area contributed by atoms with E-state index in [1.165, 1.54) is 0 Å². The Bertz CT molecular complexity index is 621. The molecule has 9 heteroatoms. The van der Waals surface area contributed by atoms with Crippen LogP contribution < -0.4 is 4.74 Å². The van der Waals surface area contributed by atoms with E-state index in [-0.39, 0.29) is 4.90 Å². The van der Waals surface area contributed by atoms with E-state index < -0.39 is 39.4 Å². The molecule has 0 fully saturated rings. The number of hydrogen-bond acceptors (Lipinski definition) is 4. The van der Waals surface area contributed by atoms with Crippen LogP contribution in [0.4, 0.5) is 13.2 Å². The van der Waals surface area contributed by atoms with Gasteiger partial charge in [0.05, 0.1) is 4.90 Å². The first-order valence-corrected chi connectivity index (χ1v) is 7.13. The summed E-state index contributed by atoms with van der Waals surface area (Å²) in [6, 6.07) is 2.64. The average molecular weight is 312 g/mol. The Morgan fingerprint density at radius 3 is 2.30 bits per heavy atom. The van der Waals surface area contributed by atoms with Gasteiger partial charge in [0.1, 0.15) is 11.3 Å². The van der Waals surface area contributed by atoms with E-state index >= 15 is 0 Å². The van der Waals surface area contributed by atoms with Crippen LogP contribution >= 0.6 is 0 Å². The average Bonchev–Trinajstić information content (AvgIpc) is 2.26. The van der Waals surface area contributed by atoms with Crippen molar-refractivity contribution < 1.29 is 36.2 Å². The first-order chi connectivity index (χ1) is 8.93. The van der Waals surface area contributed by atoms with Gasteiger partial charge in [-0.1, -0.05) is 0 Å². The first-order valence-electron chi connectivity index (χ1n) is 5.23. The van der Waals surface area contributed by atoms with Gasteiger partial charge in [-0.2, -0.15) is 13.2 Å². The molecule has 20 heavy (non-hydrogen) atoms. The predicted molar refractivity (Wildman–Crippen MR) is 62.7 cm³/mol. The number of hydrogen-bond donors (Lipinski definition) is 1. The monoisotopic (exact) mass is 312 g/mol. The van der Waals surface area contributed by atoms with Crippen molar-refractivity contribution in [3.05, 3.63) is 23.8 Å². The third-order valence-corrected chi connectivity index (χ3v) is 3.48. The van der Waals surface area contributed by atoms with E-state index in [0.717, 1.165) is 31.4 Å². The number of halogens is 3. The summed E-state index contributed by atoms with van der Waals surface area (Å²) in [5.74, 6) is -2.13. The van der Waals surface area contributed by atoms with E-state index in [1.807, 2.05) is 0 Å². The van der Waals surface area contributed by atoms with Gasteiger partial charge in [0.25, 0.3) is 0 Å². The van der Waals surface area contributed by atoms with Crippen molar-refractivity contribution in [3.8, 4) is 5.75 Å². The Kier molecular flexibility index (Phi) is 4.33. The molecule has 0 spiro atoms. The molecule has 0 saturated carbocycles. The van der Waals surface area contributed by atoms with Crippen LogP contribution in [0.15, 0.2) is 23.1 Å². The normalized spacial score (nSPS) is 13.8. The van der Waals surface area contributed by atoms with Crippen LogP contribution in [0.2, 0.25) is 0 Å². The third kappa shape index (κ3) is 3.86. The summed E-state index contributed by atoms with van der Waals surface area (Å²) in [6.07, 6.45) is -6.03. The van der Waals surface area contributed by atoms with Crippen LogP contribution in [-0.2, 0) is 9.84 Å². The Hall–Kier alpha value is -1.77. The fourth-order valence-corrected chi connectivity index (χ4v) is 1.91. The van der Waals surface area contributed by atoms with Gasteiger partial charge in [0.15, 0.2) is 15.9 Å². The molecule has 112 valence electrons. The van der Waals surface area contributed by atoms with Gasteiger partial charge in [-0.3, -0.25) is 0 Å². The van der Waals surface area contributed by atoms with Gasteiger partial charge in [-0.05, 0) is 25.1 Å². The summed E-state index contributed by atoms with van der Waals surface area (Å²) < 4.78 is 64.2. The minimum absolute atomic E-state index is 0.318. The van der Waals surface area contributed by atoms with Crippen LogP contribution in [0.5, 0.6) is 5.75 Å². The van der Waals surface area contributed by atoms with Crippen molar-refractivity contribution in [1.82, 2.24) is 0 Å². The summed E-state index contributed by atoms with van der Waals surface area (Å²) in [5.41, 5.74) is -0.649. The Labute approximate surface area is 112 Å². The molecule has 0 aromatic heterocycles. The SMILES string of the molecule is CC(Oc1ccc(S(C)(=O)=O)cc1C(=O)O)C(F)(F)F. The summed E-state index contributed by atoms with van der Waals surface area (Å²) in [7, 11) is -3.67. The topological polar surface area (TPSA) is 80.7 Å². The minimum atomic E-state index is -4.66. The van der Waals surface area contributed by atoms with Crippen LogP contribution in [0.3, 0.4) is 0 Å². The molecule has 0 aliphatic carbocycles. The smallest absolute Gasteiger partial charge is 0.425 e. The fraction of sp³-hybridized carbons (Fsp3) is 0.364. The Balaban J connectivity index is 3.25. The lowest BCUT2D eigenvalue weighted by molar-refractivity contribution is -0.189. The van der Waals surface area contributed by atoms with Crippen LogP contribution in [0, 0.1) is 0 Å². The molecule has 5 nitrogen and oxygen atoms in total. The van der Waals surface area contributed by atoms with Gasteiger partial charge in [-0.15, -0.1) is 0 Å². The molecule has 1 N–H and O–H groups in total. The highest BCUT2D eigenvalue weighted by atomic mass is 32.2. The third-order valence-electron chi connectivity index (χ3n) is 2.37. The number of carboxylic acids is 1. The molecule has 0 radical (unpaired) electrons. The first kappa shape index (κ1) is 16.3. The maximum atomic E-state index is 12.4. The molecular formula is C11H11F3O5S. The molecule has 0 saturated heterocycles. The molecule has 1 atom stereocenters. The lowest BCUT2D eigenvalue weighted by Gasteiger charge is -2.19. The van der Waals surface area contributed by atoms with Crippen LogP contribution in [-0.4, -0.2) is 38.0 Å². The summed E-state index contributed by atoms with van der Waals surface area (Å²) >= 11 is 0. The maximum Gasteiger partial charge on any atom is 0.425 e. The van der Waals surface area contributed by atoms with E-state index in [2.05, 4.69) is 4.74 Å². The number of alkyl halides is 3. The zero-order valence-electron chi connectivity index (χ0n) is 10.4. The largest absolute Gasteiger partial charge is 0.480 e. The molecular weight excluding hydrogens is 301 g/mol.